The van der Waals surface area contributed by atoms with Crippen LogP contribution in [0.1, 0.15) is 0 Å². The van der Waals surface area contributed by atoms with Crippen LogP contribution in [0.25, 0.3) is 0 Å². The van der Waals surface area contributed by atoms with Crippen LogP contribution in [0.15, 0.2) is 10.8 Å². The minimum Gasteiger partial charge on any atom is -0.308 e. The van der Waals surface area contributed by atoms with E-state index in [1.165, 1.54) is 14.2 Å². The molecule has 3 nitrogen and oxygen atoms in total. The zero-order chi connectivity index (χ0) is 7.49. The van der Waals surface area contributed by atoms with Crippen LogP contribution in [0.2, 0.25) is 0 Å². The third kappa shape index (κ3) is 2.22. The third-order valence-corrected chi connectivity index (χ3v) is 3.64. The van der Waals surface area contributed by atoms with Gasteiger partial charge in [0.2, 0.25) is 0 Å². The Morgan fingerprint density at radius 1 is 1.56 bits per heavy atom. The zero-order valence-corrected chi connectivity index (χ0v) is 7.74. The van der Waals surface area contributed by atoms with E-state index in [2.05, 4.69) is 31.6 Å². The van der Waals surface area contributed by atoms with Crippen LogP contribution in [0, 0.1) is 0 Å². The van der Waals surface area contributed by atoms with Gasteiger partial charge in [0.25, 0.3) is 0 Å². The summed E-state index contributed by atoms with van der Waals surface area (Å²) in [5, 5.41) is 0. The van der Waals surface area contributed by atoms with Crippen molar-refractivity contribution >= 4 is 23.5 Å². The standard InChI is InChI=1S/C4H8BrO3P/c1-4(5)9(6,7-2)8-3/h1H2,2-3H3. The van der Waals surface area contributed by atoms with Crippen molar-refractivity contribution in [3.8, 4) is 0 Å². The fraction of sp³-hybridized carbons (Fsp3) is 0.500. The first-order valence-electron chi connectivity index (χ1n) is 2.13. The molecule has 0 aliphatic carbocycles. The number of hydrogen-bond acceptors (Lipinski definition) is 3. The van der Waals surface area contributed by atoms with Crippen LogP contribution >= 0.6 is 23.5 Å². The molecule has 0 saturated carbocycles. The summed E-state index contributed by atoms with van der Waals surface area (Å²) in [5.41, 5.74) is 0. The summed E-state index contributed by atoms with van der Waals surface area (Å²) >= 11 is 2.91. The highest BCUT2D eigenvalue weighted by Crippen LogP contribution is 2.56. The summed E-state index contributed by atoms with van der Waals surface area (Å²) in [4.78, 5) is 0. The molecule has 0 fully saturated rings. The highest BCUT2D eigenvalue weighted by molar-refractivity contribution is 9.13. The molecule has 0 heterocycles. The lowest BCUT2D eigenvalue weighted by atomic mass is 11.3. The predicted molar refractivity (Wildman–Crippen MR) is 39.7 cm³/mol. The third-order valence-electron chi connectivity index (χ3n) is 0.778. The molecule has 0 spiro atoms. The summed E-state index contributed by atoms with van der Waals surface area (Å²) in [6.07, 6.45) is 0. The molecular formula is C4H8BrO3P. The van der Waals surface area contributed by atoms with E-state index in [-0.39, 0.29) is 4.22 Å². The van der Waals surface area contributed by atoms with Crippen LogP contribution in [0.3, 0.4) is 0 Å². The maximum absolute atomic E-state index is 11.1. The van der Waals surface area contributed by atoms with Crippen molar-refractivity contribution in [1.29, 1.82) is 0 Å². The molecule has 0 N–H and O–H groups in total. The molecule has 9 heavy (non-hydrogen) atoms. The first-order chi connectivity index (χ1) is 4.06. The van der Waals surface area contributed by atoms with E-state index in [4.69, 9.17) is 0 Å². The molecule has 54 valence electrons. The van der Waals surface area contributed by atoms with Gasteiger partial charge < -0.3 is 9.05 Å². The predicted octanol–water partition coefficient (Wildman–Crippen LogP) is 2.34. The van der Waals surface area contributed by atoms with E-state index in [0.29, 0.717) is 0 Å². The van der Waals surface area contributed by atoms with Gasteiger partial charge in [0.1, 0.15) is 0 Å². The van der Waals surface area contributed by atoms with Crippen molar-refractivity contribution in [1.82, 2.24) is 0 Å². The molecular weight excluding hydrogens is 207 g/mol. The van der Waals surface area contributed by atoms with Crippen molar-refractivity contribution < 1.29 is 13.6 Å². The maximum Gasteiger partial charge on any atom is 0.367 e. The summed E-state index contributed by atoms with van der Waals surface area (Å²) in [7, 11) is -0.426. The molecule has 0 aliphatic rings. The largest absolute Gasteiger partial charge is 0.367 e. The minimum atomic E-state index is -3.03. The molecule has 0 aromatic heterocycles. The normalized spacial score (nSPS) is 11.4. The minimum absolute atomic E-state index is 0.236. The summed E-state index contributed by atoms with van der Waals surface area (Å²) in [5.74, 6) is 0. The second kappa shape index (κ2) is 3.52. The molecule has 0 aromatic carbocycles. The van der Waals surface area contributed by atoms with E-state index in [1.54, 1.807) is 0 Å². The van der Waals surface area contributed by atoms with Gasteiger partial charge in [0.15, 0.2) is 0 Å². The first kappa shape index (κ1) is 9.37. The lowest BCUT2D eigenvalue weighted by molar-refractivity contribution is 0.285. The molecule has 0 radical (unpaired) electrons. The van der Waals surface area contributed by atoms with Gasteiger partial charge in [-0.05, 0) is 15.9 Å². The number of hydrogen-bond donors (Lipinski definition) is 0. The van der Waals surface area contributed by atoms with Gasteiger partial charge in [0, 0.05) is 14.2 Å². The van der Waals surface area contributed by atoms with Crippen LogP contribution in [0.5, 0.6) is 0 Å². The monoisotopic (exact) mass is 214 g/mol. The smallest absolute Gasteiger partial charge is 0.308 e. The molecule has 0 rings (SSSR count). The molecule has 0 bridgehead atoms. The van der Waals surface area contributed by atoms with Gasteiger partial charge in [-0.2, -0.15) is 0 Å². The van der Waals surface area contributed by atoms with Crippen molar-refractivity contribution in [3.05, 3.63) is 10.8 Å². The molecule has 0 amide bonds. The Hall–Kier alpha value is 0.370. The number of halogens is 1. The fourth-order valence-electron chi connectivity index (χ4n) is 0.273. The van der Waals surface area contributed by atoms with E-state index in [0.717, 1.165) is 0 Å². The van der Waals surface area contributed by atoms with Gasteiger partial charge >= 0.3 is 7.60 Å². The van der Waals surface area contributed by atoms with E-state index in [1.807, 2.05) is 0 Å². The average molecular weight is 215 g/mol. The van der Waals surface area contributed by atoms with Crippen LogP contribution < -0.4 is 0 Å². The van der Waals surface area contributed by atoms with Crippen LogP contribution in [-0.4, -0.2) is 14.2 Å². The molecule has 0 saturated heterocycles. The second-order valence-corrected chi connectivity index (χ2v) is 5.07. The van der Waals surface area contributed by atoms with Gasteiger partial charge in [-0.1, -0.05) is 6.58 Å². The molecule has 0 aromatic rings. The van der Waals surface area contributed by atoms with Crippen molar-refractivity contribution in [2.24, 2.45) is 0 Å². The molecule has 5 heteroatoms. The Bertz CT molecular complexity index is 148. The van der Waals surface area contributed by atoms with E-state index in [9.17, 15) is 4.57 Å². The molecule has 0 aliphatic heterocycles. The van der Waals surface area contributed by atoms with Gasteiger partial charge in [0.05, 0.1) is 4.22 Å². The highest BCUT2D eigenvalue weighted by atomic mass is 79.9. The van der Waals surface area contributed by atoms with Gasteiger partial charge in [-0.3, -0.25) is 4.57 Å². The Labute approximate surface area is 62.7 Å². The fourth-order valence-corrected chi connectivity index (χ4v) is 1.69. The van der Waals surface area contributed by atoms with E-state index >= 15 is 0 Å². The Kier molecular flexibility index (Phi) is 3.66. The molecule has 0 atom stereocenters. The summed E-state index contributed by atoms with van der Waals surface area (Å²) in [6.45, 7) is 3.37. The van der Waals surface area contributed by atoms with Gasteiger partial charge in [-0.15, -0.1) is 0 Å². The highest BCUT2D eigenvalue weighted by Gasteiger charge is 2.22. The Morgan fingerprint density at radius 2 is 1.89 bits per heavy atom. The first-order valence-corrected chi connectivity index (χ1v) is 4.47. The lowest BCUT2D eigenvalue weighted by Crippen LogP contribution is -1.85. The summed E-state index contributed by atoms with van der Waals surface area (Å²) in [6, 6.07) is 0. The second-order valence-electron chi connectivity index (χ2n) is 1.24. The maximum atomic E-state index is 11.1. The van der Waals surface area contributed by atoms with Crippen LogP contribution in [0.4, 0.5) is 0 Å². The quantitative estimate of drug-likeness (QED) is 0.677. The average Bonchev–Trinajstić information content (AvgIpc) is 1.86. The topological polar surface area (TPSA) is 35.5 Å². The van der Waals surface area contributed by atoms with Crippen molar-refractivity contribution in [3.63, 3.8) is 0 Å². The molecule has 0 unspecified atom stereocenters. The zero-order valence-electron chi connectivity index (χ0n) is 5.26. The Morgan fingerprint density at radius 3 is 1.89 bits per heavy atom. The van der Waals surface area contributed by atoms with E-state index < -0.39 is 7.60 Å². The van der Waals surface area contributed by atoms with Crippen molar-refractivity contribution in [2.75, 3.05) is 14.2 Å². The summed E-state index contributed by atoms with van der Waals surface area (Å²) < 4.78 is 20.4. The lowest BCUT2D eigenvalue weighted by Gasteiger charge is -2.10. The number of rotatable bonds is 3. The SMILES string of the molecule is C=C(Br)P(=O)(OC)OC. The van der Waals surface area contributed by atoms with Crippen LogP contribution in [-0.2, 0) is 13.6 Å². The van der Waals surface area contributed by atoms with Gasteiger partial charge in [-0.25, -0.2) is 0 Å². The van der Waals surface area contributed by atoms with Crippen molar-refractivity contribution in [2.45, 2.75) is 0 Å². The Balaban J connectivity index is 4.30.